The summed E-state index contributed by atoms with van der Waals surface area (Å²) in [6.45, 7) is 2.44. The van der Waals surface area contributed by atoms with Crippen LogP contribution in [0, 0.1) is 11.8 Å². The molecular weight excluding hydrogens is 520 g/mol. The molecule has 39 heavy (non-hydrogen) atoms. The molecule has 1 N–H and O–H groups in total. The second kappa shape index (κ2) is 10.1. The summed E-state index contributed by atoms with van der Waals surface area (Å²) in [7, 11) is 0. The van der Waals surface area contributed by atoms with Crippen LogP contribution in [0.4, 0.5) is 0 Å². The van der Waals surface area contributed by atoms with Crippen molar-refractivity contribution in [3.63, 3.8) is 0 Å². The first kappa shape index (κ1) is 25.4. The lowest BCUT2D eigenvalue weighted by molar-refractivity contribution is -0.134. The largest absolute Gasteiger partial charge is 0.488 e. The van der Waals surface area contributed by atoms with E-state index >= 15 is 0 Å². The number of hydrogen-bond acceptors (Lipinski definition) is 6. The van der Waals surface area contributed by atoms with Crippen molar-refractivity contribution in [2.75, 3.05) is 32.8 Å². The maximum Gasteiger partial charge on any atom is 0.274 e. The number of fused-ring (bicyclic) bond motifs is 4. The van der Waals surface area contributed by atoms with E-state index in [9.17, 15) is 9.59 Å². The van der Waals surface area contributed by atoms with Crippen LogP contribution in [0.5, 0.6) is 5.75 Å². The molecule has 1 aromatic carbocycles. The van der Waals surface area contributed by atoms with Gasteiger partial charge in [0.25, 0.3) is 5.91 Å². The molecule has 2 saturated heterocycles. The molecule has 5 aliphatic rings. The molecule has 3 heterocycles. The van der Waals surface area contributed by atoms with Crippen molar-refractivity contribution in [3.05, 3.63) is 46.2 Å². The fourth-order valence-electron chi connectivity index (χ4n) is 7.06. The van der Waals surface area contributed by atoms with Crippen molar-refractivity contribution in [3.8, 4) is 5.75 Å². The lowest BCUT2D eigenvalue weighted by Gasteiger charge is -2.32. The first-order valence-electron chi connectivity index (χ1n) is 14.3. The van der Waals surface area contributed by atoms with Crippen LogP contribution in [0.3, 0.4) is 0 Å². The third kappa shape index (κ3) is 4.72. The quantitative estimate of drug-likeness (QED) is 0.539. The zero-order valence-corrected chi connectivity index (χ0v) is 22.8. The number of rotatable bonds is 8. The number of aromatic nitrogens is 2. The van der Waals surface area contributed by atoms with Crippen LogP contribution in [0.15, 0.2) is 24.3 Å². The molecule has 2 aliphatic heterocycles. The van der Waals surface area contributed by atoms with Gasteiger partial charge in [-0.1, -0.05) is 23.7 Å². The maximum absolute atomic E-state index is 13.6. The predicted octanol–water partition coefficient (Wildman–Crippen LogP) is 2.88. The van der Waals surface area contributed by atoms with E-state index in [1.54, 1.807) is 0 Å². The molecule has 2 aromatic rings. The topological polar surface area (TPSA) is 97.1 Å². The van der Waals surface area contributed by atoms with Crippen LogP contribution >= 0.6 is 11.6 Å². The summed E-state index contributed by atoms with van der Waals surface area (Å²) in [5.41, 5.74) is 2.72. The van der Waals surface area contributed by atoms with Gasteiger partial charge in [0.05, 0.1) is 24.3 Å². The zero-order chi connectivity index (χ0) is 26.7. The maximum atomic E-state index is 13.6. The van der Waals surface area contributed by atoms with Crippen LogP contribution in [0.2, 0.25) is 5.02 Å². The fraction of sp³-hybridized carbons (Fsp3) is 0.621. The van der Waals surface area contributed by atoms with Crippen molar-refractivity contribution in [1.82, 2.24) is 19.6 Å². The van der Waals surface area contributed by atoms with Crippen molar-refractivity contribution in [2.24, 2.45) is 11.8 Å². The molecule has 2 amide bonds. The van der Waals surface area contributed by atoms with E-state index in [1.807, 2.05) is 38.7 Å². The number of amides is 2. The van der Waals surface area contributed by atoms with E-state index in [0.29, 0.717) is 60.5 Å². The first-order valence-corrected chi connectivity index (χ1v) is 14.7. The number of para-hydroxylation sites is 1. The molecule has 208 valence electrons. The Morgan fingerprint density at radius 2 is 1.92 bits per heavy atom. The average molecular weight is 555 g/mol. The van der Waals surface area contributed by atoms with E-state index in [-0.39, 0.29) is 43.2 Å². The van der Waals surface area contributed by atoms with Crippen LogP contribution in [0.25, 0.3) is 0 Å². The lowest BCUT2D eigenvalue weighted by atomic mass is 10.1. The average Bonchev–Trinajstić information content (AvgIpc) is 3.85. The van der Waals surface area contributed by atoms with Gasteiger partial charge in [-0.15, -0.1) is 0 Å². The number of benzene rings is 1. The number of aliphatic hydroxyl groups excluding tert-OH is 1. The van der Waals surface area contributed by atoms with Gasteiger partial charge in [0, 0.05) is 49.3 Å². The van der Waals surface area contributed by atoms with Gasteiger partial charge in [-0.25, -0.2) is 0 Å². The highest BCUT2D eigenvalue weighted by atomic mass is 35.5. The van der Waals surface area contributed by atoms with E-state index in [4.69, 9.17) is 31.3 Å². The summed E-state index contributed by atoms with van der Waals surface area (Å²) in [4.78, 5) is 30.9. The molecule has 0 bridgehead atoms. The summed E-state index contributed by atoms with van der Waals surface area (Å²) in [6, 6.07) is 7.74. The number of piperidine rings is 2. The highest BCUT2D eigenvalue weighted by Gasteiger charge is 2.54. The van der Waals surface area contributed by atoms with Gasteiger partial charge < -0.3 is 24.4 Å². The summed E-state index contributed by atoms with van der Waals surface area (Å²) < 4.78 is 13.7. The molecule has 9 nitrogen and oxygen atoms in total. The van der Waals surface area contributed by atoms with Crippen molar-refractivity contribution < 1.29 is 24.2 Å². The Hall–Kier alpha value is -2.62. The fourth-order valence-corrected chi connectivity index (χ4v) is 7.24. The Morgan fingerprint density at radius 1 is 1.10 bits per heavy atom. The van der Waals surface area contributed by atoms with Gasteiger partial charge >= 0.3 is 0 Å². The van der Waals surface area contributed by atoms with Gasteiger partial charge in [-0.2, -0.15) is 5.10 Å². The molecule has 1 aromatic heterocycles. The number of aliphatic hydroxyl groups is 1. The molecule has 5 atom stereocenters. The summed E-state index contributed by atoms with van der Waals surface area (Å²) in [5, 5.41) is 14.4. The summed E-state index contributed by atoms with van der Waals surface area (Å²) in [5.74, 6) is 2.10. The molecule has 4 fully saturated rings. The highest BCUT2D eigenvalue weighted by Crippen LogP contribution is 2.57. The number of halogens is 1. The van der Waals surface area contributed by atoms with Crippen molar-refractivity contribution in [1.29, 1.82) is 0 Å². The molecule has 3 unspecified atom stereocenters. The normalized spacial score (nSPS) is 29.0. The monoisotopic (exact) mass is 554 g/mol. The number of hydrogen-bond donors (Lipinski definition) is 1. The number of nitrogens with zero attached hydrogens (tertiary/aromatic N) is 4. The minimum absolute atomic E-state index is 0.0136. The van der Waals surface area contributed by atoms with Gasteiger partial charge in [0.2, 0.25) is 5.91 Å². The Morgan fingerprint density at radius 3 is 2.72 bits per heavy atom. The van der Waals surface area contributed by atoms with Gasteiger partial charge in [-0.05, 0) is 56.1 Å². The third-order valence-corrected chi connectivity index (χ3v) is 9.59. The Bertz CT molecular complexity index is 1270. The number of likely N-dealkylation sites (tertiary alicyclic amines) is 2. The van der Waals surface area contributed by atoms with Crippen molar-refractivity contribution >= 4 is 23.4 Å². The van der Waals surface area contributed by atoms with Crippen molar-refractivity contribution in [2.45, 2.75) is 69.2 Å². The molecule has 2 saturated carbocycles. The predicted molar refractivity (Wildman–Crippen MR) is 143 cm³/mol. The standard InChI is InChI=1S/C29H35ClN4O5/c30-21-3-1-2-4-25(21)39-24-7-10-33(22-15-20(22)24)26(36)16-34-23-14-17-13-19(17)27(23)28(31-34)29(37)32-8-5-18(6-9-32)38-12-11-35/h1-4,17-20,22,24,35H,5-16H2/t17-,19-,20?,22?,24?/m1/s1. The van der Waals surface area contributed by atoms with Crippen LogP contribution < -0.4 is 4.74 Å². The Kier molecular flexibility index (Phi) is 6.56. The Labute approximate surface area is 233 Å². The number of carbonyl (C=O) groups excluding carboxylic acids is 2. The third-order valence-electron chi connectivity index (χ3n) is 9.28. The van der Waals surface area contributed by atoms with E-state index in [2.05, 4.69) is 0 Å². The molecule has 3 aliphatic carbocycles. The van der Waals surface area contributed by atoms with Crippen LogP contribution in [-0.4, -0.2) is 87.6 Å². The lowest BCUT2D eigenvalue weighted by Crippen LogP contribution is -2.44. The molecule has 0 spiro atoms. The minimum Gasteiger partial charge on any atom is -0.488 e. The molecule has 0 radical (unpaired) electrons. The highest BCUT2D eigenvalue weighted by molar-refractivity contribution is 6.32. The second-order valence-corrected chi connectivity index (χ2v) is 12.1. The Balaban J connectivity index is 1.01. The zero-order valence-electron chi connectivity index (χ0n) is 22.0. The summed E-state index contributed by atoms with van der Waals surface area (Å²) in [6.07, 6.45) is 5.43. The van der Waals surface area contributed by atoms with Gasteiger partial charge in [-0.3, -0.25) is 14.3 Å². The smallest absolute Gasteiger partial charge is 0.274 e. The second-order valence-electron chi connectivity index (χ2n) is 11.7. The van der Waals surface area contributed by atoms with E-state index < -0.39 is 0 Å². The number of carbonyl (C=O) groups is 2. The molecular formula is C29H35ClN4O5. The molecule has 10 heteroatoms. The minimum atomic E-state index is -0.0228. The first-order chi connectivity index (χ1) is 19.0. The number of ether oxygens (including phenoxy) is 2. The van der Waals surface area contributed by atoms with Gasteiger partial charge in [0.15, 0.2) is 5.69 Å². The summed E-state index contributed by atoms with van der Waals surface area (Å²) >= 11 is 6.29. The van der Waals surface area contributed by atoms with Crippen LogP contribution in [0.1, 0.15) is 59.8 Å². The van der Waals surface area contributed by atoms with E-state index in [0.717, 1.165) is 49.8 Å². The van der Waals surface area contributed by atoms with Crippen LogP contribution in [-0.2, 0) is 22.5 Å². The van der Waals surface area contributed by atoms with E-state index in [1.165, 1.54) is 0 Å². The van der Waals surface area contributed by atoms with Gasteiger partial charge in [0.1, 0.15) is 18.4 Å². The SMILES string of the molecule is O=C(c1nn(CC(=O)N2CCC(Oc3ccccc3Cl)C3CC32)c2c1[C@@H]1C[C@@H]1C2)N1CCC(OCCO)CC1. The molecule has 7 rings (SSSR count).